The number of nitrogens with two attached hydrogens (primary N) is 1. The van der Waals surface area contributed by atoms with E-state index in [0.29, 0.717) is 6.42 Å². The molecule has 6 nitrogen and oxygen atoms in total. The number of carbonyl (C=O) groups excluding carboxylic acids is 2. The van der Waals surface area contributed by atoms with Crippen LogP contribution in [-0.4, -0.2) is 35.4 Å². The SMILES string of the molecule is CC(C)CC(CC(=O)O)C(=O)NC(CN)C(=O)C(C)C. The van der Waals surface area contributed by atoms with Crippen LogP contribution in [0.25, 0.3) is 0 Å². The molecule has 116 valence electrons. The summed E-state index contributed by atoms with van der Waals surface area (Å²) in [5, 5.41) is 11.4. The third-order valence-corrected chi connectivity index (χ3v) is 3.01. The van der Waals surface area contributed by atoms with Crippen molar-refractivity contribution in [1.82, 2.24) is 5.32 Å². The van der Waals surface area contributed by atoms with E-state index in [1.165, 1.54) is 0 Å². The zero-order valence-corrected chi connectivity index (χ0v) is 12.7. The van der Waals surface area contributed by atoms with E-state index in [1.807, 2.05) is 13.8 Å². The normalized spacial score (nSPS) is 14.2. The number of ketones is 1. The van der Waals surface area contributed by atoms with Crippen molar-refractivity contribution in [2.45, 2.75) is 46.6 Å². The summed E-state index contributed by atoms with van der Waals surface area (Å²) < 4.78 is 0. The van der Waals surface area contributed by atoms with Crippen LogP contribution in [0, 0.1) is 17.8 Å². The van der Waals surface area contributed by atoms with Gasteiger partial charge in [0, 0.05) is 18.4 Å². The highest BCUT2D eigenvalue weighted by Gasteiger charge is 2.27. The third kappa shape index (κ3) is 6.65. The van der Waals surface area contributed by atoms with E-state index in [1.54, 1.807) is 13.8 Å². The molecular formula is C14H26N2O4. The van der Waals surface area contributed by atoms with Crippen LogP contribution in [0.4, 0.5) is 0 Å². The molecule has 2 atom stereocenters. The van der Waals surface area contributed by atoms with Crippen LogP contribution in [0.15, 0.2) is 0 Å². The number of rotatable bonds is 9. The monoisotopic (exact) mass is 286 g/mol. The molecule has 0 bridgehead atoms. The van der Waals surface area contributed by atoms with Gasteiger partial charge in [-0.3, -0.25) is 14.4 Å². The Hall–Kier alpha value is -1.43. The minimum Gasteiger partial charge on any atom is -0.481 e. The van der Waals surface area contributed by atoms with Crippen molar-refractivity contribution in [2.75, 3.05) is 6.54 Å². The summed E-state index contributed by atoms with van der Waals surface area (Å²) in [7, 11) is 0. The minimum absolute atomic E-state index is 0.0181. The maximum absolute atomic E-state index is 12.1. The largest absolute Gasteiger partial charge is 0.481 e. The maximum atomic E-state index is 12.1. The van der Waals surface area contributed by atoms with Crippen LogP contribution in [-0.2, 0) is 14.4 Å². The Labute approximate surface area is 120 Å². The molecule has 1 amide bonds. The number of carboxylic acid groups (broad SMARTS) is 1. The number of nitrogens with one attached hydrogen (secondary N) is 1. The van der Waals surface area contributed by atoms with E-state index < -0.39 is 23.8 Å². The molecule has 4 N–H and O–H groups in total. The fourth-order valence-electron chi connectivity index (χ4n) is 2.00. The van der Waals surface area contributed by atoms with Gasteiger partial charge in [0.25, 0.3) is 0 Å². The molecular weight excluding hydrogens is 260 g/mol. The zero-order valence-electron chi connectivity index (χ0n) is 12.7. The Morgan fingerprint density at radius 3 is 2.05 bits per heavy atom. The summed E-state index contributed by atoms with van der Waals surface area (Å²) in [5.41, 5.74) is 5.51. The molecule has 0 aliphatic carbocycles. The summed E-state index contributed by atoms with van der Waals surface area (Å²) in [6, 6.07) is -0.744. The number of hydrogen-bond donors (Lipinski definition) is 3. The molecule has 0 fully saturated rings. The summed E-state index contributed by atoms with van der Waals surface area (Å²) in [6.07, 6.45) is 0.225. The quantitative estimate of drug-likeness (QED) is 0.580. The third-order valence-electron chi connectivity index (χ3n) is 3.01. The second-order valence-corrected chi connectivity index (χ2v) is 5.78. The van der Waals surface area contributed by atoms with Crippen LogP contribution in [0.5, 0.6) is 0 Å². The van der Waals surface area contributed by atoms with Gasteiger partial charge < -0.3 is 16.2 Å². The van der Waals surface area contributed by atoms with Crippen molar-refractivity contribution < 1.29 is 19.5 Å². The lowest BCUT2D eigenvalue weighted by molar-refractivity contribution is -0.141. The van der Waals surface area contributed by atoms with Gasteiger partial charge in [-0.25, -0.2) is 0 Å². The van der Waals surface area contributed by atoms with Crippen LogP contribution in [0.1, 0.15) is 40.5 Å². The number of hydrogen-bond acceptors (Lipinski definition) is 4. The molecule has 0 aromatic carbocycles. The standard InChI is InChI=1S/C14H26N2O4/c1-8(2)5-10(6-12(17)18)14(20)16-11(7-15)13(19)9(3)4/h8-11H,5-7,15H2,1-4H3,(H,16,20)(H,17,18). The van der Waals surface area contributed by atoms with Crippen molar-refractivity contribution in [2.24, 2.45) is 23.5 Å². The molecule has 0 aliphatic heterocycles. The average Bonchev–Trinajstić information content (AvgIpc) is 2.32. The van der Waals surface area contributed by atoms with E-state index in [9.17, 15) is 14.4 Å². The van der Waals surface area contributed by atoms with E-state index >= 15 is 0 Å². The molecule has 2 unspecified atom stereocenters. The fourth-order valence-corrected chi connectivity index (χ4v) is 2.00. The Morgan fingerprint density at radius 1 is 1.15 bits per heavy atom. The van der Waals surface area contributed by atoms with Gasteiger partial charge in [0.1, 0.15) is 0 Å². The van der Waals surface area contributed by atoms with Crippen LogP contribution in [0.3, 0.4) is 0 Å². The molecule has 20 heavy (non-hydrogen) atoms. The van der Waals surface area contributed by atoms with Gasteiger partial charge in [-0.1, -0.05) is 27.7 Å². The Kier molecular flexibility index (Phi) is 8.06. The Morgan fingerprint density at radius 2 is 1.70 bits per heavy atom. The van der Waals surface area contributed by atoms with Gasteiger partial charge in [0.05, 0.1) is 12.5 Å². The van der Waals surface area contributed by atoms with Crippen LogP contribution < -0.4 is 11.1 Å². The van der Waals surface area contributed by atoms with Gasteiger partial charge in [-0.05, 0) is 12.3 Å². The number of amides is 1. The van der Waals surface area contributed by atoms with Gasteiger partial charge >= 0.3 is 5.97 Å². The van der Waals surface area contributed by atoms with Gasteiger partial charge in [-0.2, -0.15) is 0 Å². The molecule has 6 heteroatoms. The first-order valence-electron chi connectivity index (χ1n) is 6.94. The lowest BCUT2D eigenvalue weighted by Crippen LogP contribution is -2.49. The second kappa shape index (κ2) is 8.68. The minimum atomic E-state index is -1.02. The highest BCUT2D eigenvalue weighted by molar-refractivity contribution is 5.91. The molecule has 0 aromatic rings. The van der Waals surface area contributed by atoms with Gasteiger partial charge in [0.2, 0.25) is 5.91 Å². The predicted octanol–water partition coefficient (Wildman–Crippen LogP) is 0.792. The molecule has 0 aromatic heterocycles. The number of aliphatic carboxylic acids is 1. The molecule has 0 aliphatic rings. The predicted molar refractivity (Wildman–Crippen MR) is 76.0 cm³/mol. The summed E-state index contributed by atoms with van der Waals surface area (Å²) in [4.78, 5) is 34.8. The van der Waals surface area contributed by atoms with Gasteiger partial charge in [0.15, 0.2) is 5.78 Å². The highest BCUT2D eigenvalue weighted by Crippen LogP contribution is 2.16. The lowest BCUT2D eigenvalue weighted by Gasteiger charge is -2.22. The molecule has 0 spiro atoms. The van der Waals surface area contributed by atoms with E-state index in [2.05, 4.69) is 5.32 Å². The molecule has 0 radical (unpaired) electrons. The summed E-state index contributed by atoms with van der Waals surface area (Å²) >= 11 is 0. The fraction of sp³-hybridized carbons (Fsp3) is 0.786. The van der Waals surface area contributed by atoms with Crippen LogP contribution >= 0.6 is 0 Å². The number of carboxylic acids is 1. The summed E-state index contributed by atoms with van der Waals surface area (Å²) in [6.45, 7) is 7.33. The average molecular weight is 286 g/mol. The van der Waals surface area contributed by atoms with E-state index in [4.69, 9.17) is 10.8 Å². The summed E-state index contributed by atoms with van der Waals surface area (Å²) in [5.74, 6) is -2.24. The van der Waals surface area contributed by atoms with E-state index in [0.717, 1.165) is 0 Å². The molecule has 0 saturated heterocycles. The van der Waals surface area contributed by atoms with Crippen molar-refractivity contribution in [3.63, 3.8) is 0 Å². The van der Waals surface area contributed by atoms with Gasteiger partial charge in [-0.15, -0.1) is 0 Å². The smallest absolute Gasteiger partial charge is 0.304 e. The highest BCUT2D eigenvalue weighted by atomic mass is 16.4. The maximum Gasteiger partial charge on any atom is 0.304 e. The van der Waals surface area contributed by atoms with Crippen LogP contribution in [0.2, 0.25) is 0 Å². The molecule has 0 rings (SSSR count). The lowest BCUT2D eigenvalue weighted by atomic mass is 9.92. The zero-order chi connectivity index (χ0) is 15.9. The number of carbonyl (C=O) groups is 3. The van der Waals surface area contributed by atoms with Crippen molar-refractivity contribution in [3.8, 4) is 0 Å². The first-order valence-corrected chi connectivity index (χ1v) is 6.94. The topological polar surface area (TPSA) is 109 Å². The van der Waals surface area contributed by atoms with Crippen molar-refractivity contribution in [3.05, 3.63) is 0 Å². The first kappa shape index (κ1) is 18.6. The first-order chi connectivity index (χ1) is 9.18. The second-order valence-electron chi connectivity index (χ2n) is 5.78. The van der Waals surface area contributed by atoms with Crippen molar-refractivity contribution in [1.29, 1.82) is 0 Å². The van der Waals surface area contributed by atoms with E-state index in [-0.39, 0.29) is 30.6 Å². The van der Waals surface area contributed by atoms with Crippen molar-refractivity contribution >= 4 is 17.7 Å². The molecule has 0 heterocycles. The molecule has 0 saturated carbocycles. The number of Topliss-reactive ketones (excluding diaryl/α,β-unsaturated/α-hetero) is 1. The Bertz CT molecular complexity index is 353. The Balaban J connectivity index is 4.79.